The maximum Gasteiger partial charge on any atom is 0.298 e. The standard InChI is InChI=1S/C20H21NO/c1-16-9-10-19(17(2)15-16)11-12-20(22)21(3)14-13-18-7-5-4-6-8-18/h4-10,15H,13-14H2,1-3H3. The van der Waals surface area contributed by atoms with Crippen LogP contribution in [0.2, 0.25) is 0 Å². The minimum Gasteiger partial charge on any atom is -0.335 e. The van der Waals surface area contributed by atoms with E-state index in [1.165, 1.54) is 11.1 Å². The maximum absolute atomic E-state index is 12.1. The van der Waals surface area contributed by atoms with Crippen molar-refractivity contribution in [2.24, 2.45) is 0 Å². The van der Waals surface area contributed by atoms with Gasteiger partial charge in [-0.15, -0.1) is 0 Å². The predicted molar refractivity (Wildman–Crippen MR) is 90.6 cm³/mol. The van der Waals surface area contributed by atoms with Gasteiger partial charge in [0.25, 0.3) is 5.91 Å². The van der Waals surface area contributed by atoms with Crippen LogP contribution in [0.5, 0.6) is 0 Å². The van der Waals surface area contributed by atoms with Crippen LogP contribution in [0.25, 0.3) is 0 Å². The fourth-order valence-electron chi connectivity index (χ4n) is 2.21. The molecule has 0 saturated heterocycles. The number of rotatable bonds is 3. The van der Waals surface area contributed by atoms with Gasteiger partial charge in [-0.2, -0.15) is 0 Å². The second-order valence-corrected chi connectivity index (χ2v) is 5.53. The van der Waals surface area contributed by atoms with E-state index in [1.807, 2.05) is 44.2 Å². The average molecular weight is 291 g/mol. The molecule has 0 aliphatic carbocycles. The van der Waals surface area contributed by atoms with Crippen molar-refractivity contribution in [2.75, 3.05) is 13.6 Å². The highest BCUT2D eigenvalue weighted by molar-refractivity contribution is 5.94. The lowest BCUT2D eigenvalue weighted by molar-refractivity contribution is -0.123. The van der Waals surface area contributed by atoms with Crippen molar-refractivity contribution in [1.29, 1.82) is 0 Å². The molecule has 112 valence electrons. The number of carbonyl (C=O) groups excluding carboxylic acids is 1. The molecule has 0 aliphatic rings. The molecule has 2 nitrogen and oxygen atoms in total. The zero-order chi connectivity index (χ0) is 15.9. The lowest BCUT2D eigenvalue weighted by atomic mass is 10.1. The number of hydrogen-bond acceptors (Lipinski definition) is 1. The van der Waals surface area contributed by atoms with Gasteiger partial charge in [-0.05, 0) is 37.5 Å². The number of nitrogens with zero attached hydrogens (tertiary/aromatic N) is 1. The van der Waals surface area contributed by atoms with E-state index in [-0.39, 0.29) is 5.91 Å². The van der Waals surface area contributed by atoms with Gasteiger partial charge >= 0.3 is 0 Å². The van der Waals surface area contributed by atoms with E-state index in [0.29, 0.717) is 6.54 Å². The van der Waals surface area contributed by atoms with Gasteiger partial charge in [0.2, 0.25) is 0 Å². The summed E-state index contributed by atoms with van der Waals surface area (Å²) in [5.74, 6) is 5.57. The number of carbonyl (C=O) groups is 1. The molecule has 0 bridgehead atoms. The van der Waals surface area contributed by atoms with Crippen LogP contribution < -0.4 is 0 Å². The summed E-state index contributed by atoms with van der Waals surface area (Å²) >= 11 is 0. The number of aryl methyl sites for hydroxylation is 2. The minimum atomic E-state index is -0.143. The summed E-state index contributed by atoms with van der Waals surface area (Å²) < 4.78 is 0. The predicted octanol–water partition coefficient (Wildman–Crippen LogP) is 3.36. The third-order valence-electron chi connectivity index (χ3n) is 3.61. The van der Waals surface area contributed by atoms with E-state index in [1.54, 1.807) is 11.9 Å². The second-order valence-electron chi connectivity index (χ2n) is 5.53. The molecule has 0 atom stereocenters. The average Bonchev–Trinajstić information content (AvgIpc) is 2.52. The van der Waals surface area contributed by atoms with Crippen molar-refractivity contribution >= 4 is 5.91 Å². The molecule has 0 radical (unpaired) electrons. The molecule has 1 amide bonds. The Kier molecular flexibility index (Phi) is 5.38. The first-order valence-corrected chi connectivity index (χ1v) is 7.44. The highest BCUT2D eigenvalue weighted by Crippen LogP contribution is 2.08. The molecule has 2 heteroatoms. The second kappa shape index (κ2) is 7.47. The molecular formula is C20H21NO. The summed E-state index contributed by atoms with van der Waals surface area (Å²) in [4.78, 5) is 13.7. The quantitative estimate of drug-likeness (QED) is 0.794. The topological polar surface area (TPSA) is 20.3 Å². The van der Waals surface area contributed by atoms with Crippen molar-refractivity contribution in [2.45, 2.75) is 20.3 Å². The third kappa shape index (κ3) is 4.49. The smallest absolute Gasteiger partial charge is 0.298 e. The van der Waals surface area contributed by atoms with E-state index >= 15 is 0 Å². The Morgan fingerprint density at radius 3 is 2.50 bits per heavy atom. The van der Waals surface area contributed by atoms with Crippen molar-refractivity contribution < 1.29 is 4.79 Å². The van der Waals surface area contributed by atoms with Crippen LogP contribution in [0.15, 0.2) is 48.5 Å². The summed E-state index contributed by atoms with van der Waals surface area (Å²) in [6.07, 6.45) is 0.842. The zero-order valence-corrected chi connectivity index (χ0v) is 13.4. The first-order chi connectivity index (χ1) is 10.6. The molecule has 0 spiro atoms. The van der Waals surface area contributed by atoms with Crippen LogP contribution in [-0.4, -0.2) is 24.4 Å². The Bertz CT molecular complexity index is 707. The van der Waals surface area contributed by atoms with Gasteiger partial charge in [0.15, 0.2) is 0 Å². The van der Waals surface area contributed by atoms with E-state index in [0.717, 1.165) is 17.5 Å². The first kappa shape index (κ1) is 15.9. The highest BCUT2D eigenvalue weighted by Gasteiger charge is 2.05. The lowest BCUT2D eigenvalue weighted by Gasteiger charge is -2.13. The number of likely N-dealkylation sites (N-methyl/N-ethyl adjacent to an activating group) is 1. The normalized spacial score (nSPS) is 9.77. The molecule has 0 heterocycles. The van der Waals surface area contributed by atoms with E-state index in [4.69, 9.17) is 0 Å². The van der Waals surface area contributed by atoms with Crippen LogP contribution >= 0.6 is 0 Å². The number of hydrogen-bond donors (Lipinski definition) is 0. The van der Waals surface area contributed by atoms with E-state index < -0.39 is 0 Å². The van der Waals surface area contributed by atoms with Gasteiger partial charge in [-0.1, -0.05) is 53.9 Å². The van der Waals surface area contributed by atoms with Crippen molar-refractivity contribution in [1.82, 2.24) is 4.90 Å². The molecule has 0 aromatic heterocycles. The van der Waals surface area contributed by atoms with E-state index in [2.05, 4.69) is 30.0 Å². The molecule has 2 aromatic carbocycles. The van der Waals surface area contributed by atoms with Gasteiger partial charge in [0.1, 0.15) is 0 Å². The monoisotopic (exact) mass is 291 g/mol. The van der Waals surface area contributed by atoms with Gasteiger partial charge < -0.3 is 4.90 Å². The fraction of sp³-hybridized carbons (Fsp3) is 0.250. The van der Waals surface area contributed by atoms with Crippen LogP contribution in [-0.2, 0) is 11.2 Å². The largest absolute Gasteiger partial charge is 0.335 e. The Morgan fingerprint density at radius 1 is 1.09 bits per heavy atom. The summed E-state index contributed by atoms with van der Waals surface area (Å²) in [6, 6.07) is 16.2. The molecule has 0 fully saturated rings. The summed E-state index contributed by atoms with van der Waals surface area (Å²) in [6.45, 7) is 4.73. The first-order valence-electron chi connectivity index (χ1n) is 7.44. The Labute approximate surface area is 132 Å². The van der Waals surface area contributed by atoms with Crippen LogP contribution in [0.3, 0.4) is 0 Å². The Balaban J connectivity index is 1.95. The summed E-state index contributed by atoms with van der Waals surface area (Å²) in [5.41, 5.74) is 4.45. The van der Waals surface area contributed by atoms with Gasteiger partial charge in [-0.25, -0.2) is 0 Å². The van der Waals surface area contributed by atoms with Gasteiger partial charge in [-0.3, -0.25) is 4.79 Å². The fourth-order valence-corrected chi connectivity index (χ4v) is 2.21. The van der Waals surface area contributed by atoms with Crippen LogP contribution in [0.1, 0.15) is 22.3 Å². The van der Waals surface area contributed by atoms with Crippen molar-refractivity contribution in [3.05, 3.63) is 70.8 Å². The molecule has 0 aliphatic heterocycles. The van der Waals surface area contributed by atoms with Gasteiger partial charge in [0, 0.05) is 25.1 Å². The van der Waals surface area contributed by atoms with Gasteiger partial charge in [0.05, 0.1) is 0 Å². The lowest BCUT2D eigenvalue weighted by Crippen LogP contribution is -2.27. The van der Waals surface area contributed by atoms with Crippen LogP contribution in [0, 0.1) is 25.7 Å². The Morgan fingerprint density at radius 2 is 1.82 bits per heavy atom. The highest BCUT2D eigenvalue weighted by atomic mass is 16.2. The number of benzene rings is 2. The Hall–Kier alpha value is -2.53. The molecule has 2 rings (SSSR count). The van der Waals surface area contributed by atoms with Crippen LogP contribution in [0.4, 0.5) is 0 Å². The summed E-state index contributed by atoms with van der Waals surface area (Å²) in [7, 11) is 1.79. The molecule has 0 N–H and O–H groups in total. The summed E-state index contributed by atoms with van der Waals surface area (Å²) in [5, 5.41) is 0. The molecule has 0 saturated carbocycles. The van der Waals surface area contributed by atoms with Crippen molar-refractivity contribution in [3.63, 3.8) is 0 Å². The number of amides is 1. The molecular weight excluding hydrogens is 270 g/mol. The molecule has 2 aromatic rings. The molecule has 22 heavy (non-hydrogen) atoms. The maximum atomic E-state index is 12.1. The van der Waals surface area contributed by atoms with E-state index in [9.17, 15) is 4.79 Å². The van der Waals surface area contributed by atoms with Crippen molar-refractivity contribution in [3.8, 4) is 11.8 Å². The zero-order valence-electron chi connectivity index (χ0n) is 13.4. The SMILES string of the molecule is Cc1ccc(C#CC(=O)N(C)CCc2ccccc2)c(C)c1. The third-order valence-corrected chi connectivity index (χ3v) is 3.61. The minimum absolute atomic E-state index is 0.143. The molecule has 0 unspecified atom stereocenters.